The van der Waals surface area contributed by atoms with Gasteiger partial charge in [-0.25, -0.2) is 0 Å². The van der Waals surface area contributed by atoms with Gasteiger partial charge in [0.15, 0.2) is 5.78 Å². The number of ketones is 1. The van der Waals surface area contributed by atoms with Crippen molar-refractivity contribution >= 4 is 39.2 Å². The summed E-state index contributed by atoms with van der Waals surface area (Å²) in [7, 11) is 0. The summed E-state index contributed by atoms with van der Waals surface area (Å²) in [6.07, 6.45) is -8.11. The Kier molecular flexibility index (Phi) is 6.97. The molecule has 1 heterocycles. The van der Waals surface area contributed by atoms with Crippen LogP contribution in [0, 0.1) is 0 Å². The van der Waals surface area contributed by atoms with Crippen LogP contribution in [0.5, 0.6) is 0 Å². The fourth-order valence-electron chi connectivity index (χ4n) is 3.25. The minimum atomic E-state index is -4.99. The van der Waals surface area contributed by atoms with Crippen LogP contribution < -0.4 is 5.32 Å². The molecule has 0 aliphatic carbocycles. The molecule has 3 nitrogen and oxygen atoms in total. The Hall–Kier alpha value is -3.14. The van der Waals surface area contributed by atoms with E-state index in [9.17, 15) is 35.9 Å². The molecule has 0 spiro atoms. The highest BCUT2D eigenvalue weighted by molar-refractivity contribution is 7.17. The molecule has 0 radical (unpaired) electrons. The zero-order valence-corrected chi connectivity index (χ0v) is 17.9. The van der Waals surface area contributed by atoms with Crippen molar-refractivity contribution in [2.45, 2.75) is 31.7 Å². The van der Waals surface area contributed by atoms with Crippen LogP contribution in [0.25, 0.3) is 16.2 Å². The third-order valence-corrected chi connectivity index (χ3v) is 5.77. The normalized spacial score (nSPS) is 13.4. The lowest BCUT2D eigenvalue weighted by Crippen LogP contribution is -2.40. The lowest BCUT2D eigenvalue weighted by atomic mass is 10.00. The first kappa shape index (κ1) is 24.5. The SMILES string of the molecule is CC(=O)NC(Cc1csc2ccccc12)C(=O)C=Cc1cc(C(F)(F)F)cc(C(F)(F)F)c1. The molecule has 33 heavy (non-hydrogen) atoms. The van der Waals surface area contributed by atoms with Crippen LogP contribution in [0.1, 0.15) is 29.2 Å². The Morgan fingerprint density at radius 3 is 2.18 bits per heavy atom. The highest BCUT2D eigenvalue weighted by Gasteiger charge is 2.36. The van der Waals surface area contributed by atoms with E-state index < -0.39 is 46.8 Å². The number of fused-ring (bicyclic) bond motifs is 1. The van der Waals surface area contributed by atoms with Crippen LogP contribution in [-0.2, 0) is 28.4 Å². The maximum Gasteiger partial charge on any atom is 0.416 e. The molecular formula is C23H17F6NO2S. The molecule has 0 bridgehead atoms. The number of thiophene rings is 1. The van der Waals surface area contributed by atoms with E-state index >= 15 is 0 Å². The predicted octanol–water partition coefficient (Wildman–Crippen LogP) is 6.27. The molecule has 1 N–H and O–H groups in total. The van der Waals surface area contributed by atoms with Crippen molar-refractivity contribution in [1.82, 2.24) is 5.32 Å². The number of halogens is 6. The van der Waals surface area contributed by atoms with Gasteiger partial charge < -0.3 is 5.32 Å². The van der Waals surface area contributed by atoms with Gasteiger partial charge in [-0.2, -0.15) is 26.3 Å². The quantitative estimate of drug-likeness (QED) is 0.331. The van der Waals surface area contributed by atoms with Gasteiger partial charge in [-0.05, 0) is 52.2 Å². The Morgan fingerprint density at radius 2 is 1.61 bits per heavy atom. The number of benzene rings is 2. The average molecular weight is 485 g/mol. The third-order valence-electron chi connectivity index (χ3n) is 4.76. The molecular weight excluding hydrogens is 468 g/mol. The first-order valence-corrected chi connectivity index (χ1v) is 10.5. The average Bonchev–Trinajstić information content (AvgIpc) is 3.12. The van der Waals surface area contributed by atoms with E-state index in [1.807, 2.05) is 29.6 Å². The minimum Gasteiger partial charge on any atom is -0.346 e. The molecule has 0 saturated carbocycles. The molecule has 3 rings (SSSR count). The molecule has 1 unspecified atom stereocenters. The van der Waals surface area contributed by atoms with Crippen LogP contribution in [0.3, 0.4) is 0 Å². The van der Waals surface area contributed by atoms with Gasteiger partial charge in [0.05, 0.1) is 17.2 Å². The molecule has 3 aromatic rings. The van der Waals surface area contributed by atoms with Gasteiger partial charge in [-0.3, -0.25) is 9.59 Å². The summed E-state index contributed by atoms with van der Waals surface area (Å²) in [5.74, 6) is -1.16. The first-order valence-electron chi connectivity index (χ1n) is 9.58. The summed E-state index contributed by atoms with van der Waals surface area (Å²) in [5, 5.41) is 5.22. The van der Waals surface area contributed by atoms with Gasteiger partial charge in [-0.15, -0.1) is 11.3 Å². The molecule has 0 fully saturated rings. The monoisotopic (exact) mass is 485 g/mol. The second kappa shape index (κ2) is 9.38. The summed E-state index contributed by atoms with van der Waals surface area (Å²) in [4.78, 5) is 24.3. The van der Waals surface area contributed by atoms with Crippen molar-refractivity contribution in [1.29, 1.82) is 0 Å². The molecule has 1 atom stereocenters. The van der Waals surface area contributed by atoms with Crippen molar-refractivity contribution < 1.29 is 35.9 Å². The van der Waals surface area contributed by atoms with E-state index in [-0.39, 0.29) is 12.5 Å². The highest BCUT2D eigenvalue weighted by Crippen LogP contribution is 2.36. The molecule has 1 amide bonds. The molecule has 174 valence electrons. The topological polar surface area (TPSA) is 46.2 Å². The largest absolute Gasteiger partial charge is 0.416 e. The standard InChI is InChI=1S/C23H17F6NO2S/c1-13(31)30-19(10-15-12-33-21-5-3-2-4-18(15)21)20(32)7-6-14-8-16(22(24,25)26)11-17(9-14)23(27,28)29/h2-9,11-12,19H,10H2,1H3,(H,30,31). The lowest BCUT2D eigenvalue weighted by Gasteiger charge is -2.15. The smallest absolute Gasteiger partial charge is 0.346 e. The van der Waals surface area contributed by atoms with E-state index in [4.69, 9.17) is 0 Å². The van der Waals surface area contributed by atoms with E-state index in [0.29, 0.717) is 12.1 Å². The number of hydrogen-bond donors (Lipinski definition) is 1. The van der Waals surface area contributed by atoms with Crippen molar-refractivity contribution in [3.8, 4) is 0 Å². The number of amides is 1. The van der Waals surface area contributed by atoms with Gasteiger partial charge in [0.2, 0.25) is 5.91 Å². The second-order valence-corrected chi connectivity index (χ2v) is 8.20. The number of carbonyl (C=O) groups excluding carboxylic acids is 2. The van der Waals surface area contributed by atoms with Crippen LogP contribution in [0.15, 0.2) is 53.9 Å². The van der Waals surface area contributed by atoms with E-state index in [0.717, 1.165) is 27.8 Å². The summed E-state index contributed by atoms with van der Waals surface area (Å²) in [6, 6.07) is 7.45. The van der Waals surface area contributed by atoms with Gasteiger partial charge in [0.25, 0.3) is 0 Å². The predicted molar refractivity (Wildman–Crippen MR) is 114 cm³/mol. The maximum atomic E-state index is 13.0. The summed E-state index contributed by atoms with van der Waals surface area (Å²) >= 11 is 1.45. The summed E-state index contributed by atoms with van der Waals surface area (Å²) < 4.78 is 79.2. The van der Waals surface area contributed by atoms with E-state index in [1.165, 1.54) is 18.3 Å². The Bertz CT molecular complexity index is 1180. The number of hydrogen-bond acceptors (Lipinski definition) is 3. The summed E-state index contributed by atoms with van der Waals surface area (Å²) in [6.45, 7) is 1.21. The van der Waals surface area contributed by atoms with Crippen molar-refractivity contribution in [3.05, 3.63) is 76.2 Å². The van der Waals surface area contributed by atoms with E-state index in [2.05, 4.69) is 5.32 Å². The highest BCUT2D eigenvalue weighted by atomic mass is 32.1. The van der Waals surface area contributed by atoms with Gasteiger partial charge in [0, 0.05) is 18.0 Å². The van der Waals surface area contributed by atoms with E-state index in [1.54, 1.807) is 0 Å². The van der Waals surface area contributed by atoms with Gasteiger partial charge >= 0.3 is 12.4 Å². The first-order chi connectivity index (χ1) is 15.3. The molecule has 1 aromatic heterocycles. The summed E-state index contributed by atoms with van der Waals surface area (Å²) in [5.41, 5.74) is -2.61. The number of rotatable bonds is 6. The number of carbonyl (C=O) groups is 2. The molecule has 10 heteroatoms. The fourth-order valence-corrected chi connectivity index (χ4v) is 4.22. The van der Waals surface area contributed by atoms with Gasteiger partial charge in [0.1, 0.15) is 0 Å². The fraction of sp³-hybridized carbons (Fsp3) is 0.217. The second-order valence-electron chi connectivity index (χ2n) is 7.29. The van der Waals surface area contributed by atoms with Crippen molar-refractivity contribution in [2.24, 2.45) is 0 Å². The van der Waals surface area contributed by atoms with Crippen LogP contribution in [0.4, 0.5) is 26.3 Å². The third kappa shape index (κ3) is 6.22. The minimum absolute atomic E-state index is 0.0148. The van der Waals surface area contributed by atoms with Crippen LogP contribution in [-0.4, -0.2) is 17.7 Å². The Balaban J connectivity index is 1.90. The zero-order valence-electron chi connectivity index (χ0n) is 17.1. The van der Waals surface area contributed by atoms with Crippen molar-refractivity contribution in [2.75, 3.05) is 0 Å². The van der Waals surface area contributed by atoms with Gasteiger partial charge in [-0.1, -0.05) is 24.3 Å². The number of alkyl halides is 6. The van der Waals surface area contributed by atoms with Crippen molar-refractivity contribution in [3.63, 3.8) is 0 Å². The van der Waals surface area contributed by atoms with Crippen LogP contribution in [0.2, 0.25) is 0 Å². The number of nitrogens with one attached hydrogen (secondary N) is 1. The molecule has 0 aliphatic rings. The maximum absolute atomic E-state index is 13.0. The molecule has 2 aromatic carbocycles. The van der Waals surface area contributed by atoms with Crippen LogP contribution >= 0.6 is 11.3 Å². The Labute approximate surface area is 188 Å². The molecule has 0 aliphatic heterocycles. The lowest BCUT2D eigenvalue weighted by molar-refractivity contribution is -0.143. The Morgan fingerprint density at radius 1 is 1.00 bits per heavy atom. The zero-order chi connectivity index (χ0) is 24.4. The molecule has 0 saturated heterocycles.